The van der Waals surface area contributed by atoms with Gasteiger partial charge in [-0.3, -0.25) is 4.79 Å². The first-order chi connectivity index (χ1) is 8.58. The molecule has 0 amide bonds. The molecule has 1 aromatic heterocycles. The molecule has 0 unspecified atom stereocenters. The topological polar surface area (TPSA) is 70.2 Å². The lowest BCUT2D eigenvalue weighted by Crippen LogP contribution is -2.15. The zero-order valence-corrected chi connectivity index (χ0v) is 9.37. The van der Waals surface area contributed by atoms with Crippen molar-refractivity contribution in [3.05, 3.63) is 45.5 Å². The van der Waals surface area contributed by atoms with Gasteiger partial charge < -0.3 is 10.1 Å². The second kappa shape index (κ2) is 3.66. The molecular weight excluding hydrogens is 237 g/mol. The Labute approximate surface area is 101 Å². The Kier molecular flexibility index (Phi) is 2.23. The Morgan fingerprint density at radius 3 is 2.72 bits per heavy atom. The van der Waals surface area contributed by atoms with Crippen LogP contribution in [0.15, 0.2) is 23.1 Å². The number of aromatic amines is 1. The number of aromatic carboxylic acids is 1. The summed E-state index contributed by atoms with van der Waals surface area (Å²) in [6.07, 6.45) is 3.07. The Balaban J connectivity index is 2.30. The molecular formula is C13H10FNO3. The van der Waals surface area contributed by atoms with Gasteiger partial charge in [0.2, 0.25) is 5.43 Å². The number of hydrogen-bond donors (Lipinski definition) is 2. The molecule has 1 aliphatic carbocycles. The number of benzene rings is 1. The maximum Gasteiger partial charge on any atom is 0.341 e. The van der Waals surface area contributed by atoms with Crippen LogP contribution in [0.1, 0.15) is 34.7 Å². The summed E-state index contributed by atoms with van der Waals surface area (Å²) >= 11 is 0. The van der Waals surface area contributed by atoms with Gasteiger partial charge in [0.05, 0.1) is 0 Å². The second-order valence-corrected chi connectivity index (χ2v) is 4.53. The Morgan fingerprint density at radius 1 is 1.39 bits per heavy atom. The van der Waals surface area contributed by atoms with E-state index in [1.807, 2.05) is 0 Å². The van der Waals surface area contributed by atoms with Crippen LogP contribution in [0.4, 0.5) is 4.39 Å². The zero-order chi connectivity index (χ0) is 12.9. The quantitative estimate of drug-likeness (QED) is 0.855. The highest BCUT2D eigenvalue weighted by molar-refractivity contribution is 5.92. The third kappa shape index (κ3) is 1.59. The summed E-state index contributed by atoms with van der Waals surface area (Å²) in [6, 6.07) is 2.74. The molecule has 1 aromatic carbocycles. The van der Waals surface area contributed by atoms with Crippen LogP contribution in [0, 0.1) is 5.82 Å². The lowest BCUT2D eigenvalue weighted by atomic mass is 10.1. The largest absolute Gasteiger partial charge is 0.477 e. The number of halogens is 1. The minimum atomic E-state index is -1.31. The maximum absolute atomic E-state index is 13.8. The van der Waals surface area contributed by atoms with Gasteiger partial charge >= 0.3 is 5.97 Å². The van der Waals surface area contributed by atoms with E-state index in [4.69, 9.17) is 5.11 Å². The summed E-state index contributed by atoms with van der Waals surface area (Å²) in [5.41, 5.74) is 0.0492. The predicted octanol–water partition coefficient (Wildman–Crippen LogP) is 2.24. The minimum Gasteiger partial charge on any atom is -0.477 e. The van der Waals surface area contributed by atoms with Crippen molar-refractivity contribution in [2.75, 3.05) is 0 Å². The van der Waals surface area contributed by atoms with Gasteiger partial charge in [0, 0.05) is 17.1 Å². The Hall–Kier alpha value is -2.17. The van der Waals surface area contributed by atoms with E-state index in [1.54, 1.807) is 6.07 Å². The molecule has 1 heterocycles. The fourth-order valence-corrected chi connectivity index (χ4v) is 2.12. The number of nitrogens with one attached hydrogen (secondary N) is 1. The van der Waals surface area contributed by atoms with E-state index in [0.717, 1.165) is 25.1 Å². The van der Waals surface area contributed by atoms with Crippen LogP contribution >= 0.6 is 0 Å². The van der Waals surface area contributed by atoms with Crippen LogP contribution in [0.25, 0.3) is 10.9 Å². The molecule has 0 atom stereocenters. The van der Waals surface area contributed by atoms with Crippen molar-refractivity contribution >= 4 is 16.9 Å². The molecule has 0 aliphatic heterocycles. The van der Waals surface area contributed by atoms with Crippen molar-refractivity contribution in [1.82, 2.24) is 4.98 Å². The number of fused-ring (bicyclic) bond motifs is 1. The van der Waals surface area contributed by atoms with E-state index in [-0.39, 0.29) is 16.9 Å². The number of rotatable bonds is 2. The van der Waals surface area contributed by atoms with Gasteiger partial charge in [-0.15, -0.1) is 0 Å². The molecule has 1 aliphatic rings. The fraction of sp³-hybridized carbons (Fsp3) is 0.231. The van der Waals surface area contributed by atoms with E-state index in [1.165, 1.54) is 0 Å². The van der Waals surface area contributed by atoms with Gasteiger partial charge in [0.1, 0.15) is 11.4 Å². The Bertz CT molecular complexity index is 716. The van der Waals surface area contributed by atoms with Gasteiger partial charge in [-0.25, -0.2) is 9.18 Å². The molecule has 2 aromatic rings. The molecule has 0 bridgehead atoms. The van der Waals surface area contributed by atoms with Crippen LogP contribution in [-0.4, -0.2) is 16.1 Å². The number of H-pyrrole nitrogens is 1. The van der Waals surface area contributed by atoms with E-state index in [2.05, 4.69) is 4.98 Å². The van der Waals surface area contributed by atoms with Crippen LogP contribution in [0.3, 0.4) is 0 Å². The molecule has 1 saturated carbocycles. The molecule has 1 fully saturated rings. The highest BCUT2D eigenvalue weighted by Crippen LogP contribution is 2.41. The molecule has 92 valence electrons. The molecule has 18 heavy (non-hydrogen) atoms. The van der Waals surface area contributed by atoms with Crippen molar-refractivity contribution in [3.63, 3.8) is 0 Å². The van der Waals surface area contributed by atoms with Crippen LogP contribution in [0.2, 0.25) is 0 Å². The number of pyridine rings is 1. The first kappa shape index (κ1) is 11.0. The van der Waals surface area contributed by atoms with Crippen molar-refractivity contribution < 1.29 is 14.3 Å². The number of carboxylic acid groups (broad SMARTS) is 1. The summed E-state index contributed by atoms with van der Waals surface area (Å²) in [5, 5.41) is 8.91. The van der Waals surface area contributed by atoms with Crippen LogP contribution in [0.5, 0.6) is 0 Å². The van der Waals surface area contributed by atoms with Gasteiger partial charge in [-0.1, -0.05) is 0 Å². The molecule has 0 saturated heterocycles. The van der Waals surface area contributed by atoms with E-state index in [9.17, 15) is 14.0 Å². The molecule has 2 N–H and O–H groups in total. The predicted molar refractivity (Wildman–Crippen MR) is 63.5 cm³/mol. The van der Waals surface area contributed by atoms with Crippen LogP contribution < -0.4 is 5.43 Å². The van der Waals surface area contributed by atoms with Crippen LogP contribution in [-0.2, 0) is 0 Å². The average molecular weight is 247 g/mol. The molecule has 3 rings (SSSR count). The standard InChI is InChI=1S/C13H10FNO3/c14-10-3-8-11(4-7(10)6-1-2-6)15-5-9(12(8)16)13(17)18/h3-6H,1-2H2,(H,15,16)(H,17,18). The third-order valence-corrected chi connectivity index (χ3v) is 3.25. The highest BCUT2D eigenvalue weighted by atomic mass is 19.1. The normalized spacial score (nSPS) is 14.9. The summed E-state index contributed by atoms with van der Waals surface area (Å²) < 4.78 is 13.8. The van der Waals surface area contributed by atoms with Gasteiger partial charge in [0.25, 0.3) is 0 Å². The summed E-state index contributed by atoms with van der Waals surface area (Å²) in [4.78, 5) is 25.4. The minimum absolute atomic E-state index is 0.0804. The number of carbonyl (C=O) groups is 1. The van der Waals surface area contributed by atoms with Crippen molar-refractivity contribution in [3.8, 4) is 0 Å². The van der Waals surface area contributed by atoms with Gasteiger partial charge in [-0.05, 0) is 36.5 Å². The van der Waals surface area contributed by atoms with E-state index < -0.39 is 17.2 Å². The third-order valence-electron chi connectivity index (χ3n) is 3.25. The first-order valence-electron chi connectivity index (χ1n) is 5.66. The summed E-state index contributed by atoms with van der Waals surface area (Å²) in [7, 11) is 0. The lowest BCUT2D eigenvalue weighted by molar-refractivity contribution is 0.0695. The summed E-state index contributed by atoms with van der Waals surface area (Å²) in [6.45, 7) is 0. The molecule has 0 radical (unpaired) electrons. The Morgan fingerprint density at radius 2 is 2.11 bits per heavy atom. The average Bonchev–Trinajstić information content (AvgIpc) is 3.13. The second-order valence-electron chi connectivity index (χ2n) is 4.53. The number of carboxylic acids is 1. The van der Waals surface area contributed by atoms with E-state index in [0.29, 0.717) is 11.1 Å². The molecule has 5 heteroatoms. The lowest BCUT2D eigenvalue weighted by Gasteiger charge is -2.05. The monoisotopic (exact) mass is 247 g/mol. The molecule has 0 spiro atoms. The van der Waals surface area contributed by atoms with Gasteiger partial charge in [-0.2, -0.15) is 0 Å². The highest BCUT2D eigenvalue weighted by Gasteiger charge is 2.27. The van der Waals surface area contributed by atoms with Crippen molar-refractivity contribution in [2.45, 2.75) is 18.8 Å². The van der Waals surface area contributed by atoms with Gasteiger partial charge in [0.15, 0.2) is 0 Å². The molecule has 4 nitrogen and oxygen atoms in total. The number of aromatic nitrogens is 1. The maximum atomic E-state index is 13.8. The van der Waals surface area contributed by atoms with Crippen molar-refractivity contribution in [2.24, 2.45) is 0 Å². The first-order valence-corrected chi connectivity index (χ1v) is 5.66. The number of hydrogen-bond acceptors (Lipinski definition) is 2. The SMILES string of the molecule is O=C(O)c1c[nH]c2cc(C3CC3)c(F)cc2c1=O. The van der Waals surface area contributed by atoms with Crippen molar-refractivity contribution in [1.29, 1.82) is 0 Å². The summed E-state index contributed by atoms with van der Waals surface area (Å²) in [5.74, 6) is -1.51. The fourth-order valence-electron chi connectivity index (χ4n) is 2.12. The zero-order valence-electron chi connectivity index (χ0n) is 9.37. The van der Waals surface area contributed by atoms with E-state index >= 15 is 0 Å². The smallest absolute Gasteiger partial charge is 0.341 e.